The Hall–Kier alpha value is -5.75. The fourth-order valence-corrected chi connectivity index (χ4v) is 7.60. The molecule has 10 heteroatoms. The molecule has 0 amide bonds. The molecular weight excluding hydrogens is 595 g/mol. The number of para-hydroxylation sites is 2. The van der Waals surface area contributed by atoms with E-state index in [0.717, 1.165) is 60.4 Å². The molecule has 5 nitrogen and oxygen atoms in total. The summed E-state index contributed by atoms with van der Waals surface area (Å²) in [6.45, 7) is 0. The average molecular weight is 624 g/mol. The Bertz CT molecular complexity index is 2710. The number of aromatic nitrogens is 4. The lowest BCUT2D eigenvalue weighted by Gasteiger charge is -2.21. The van der Waals surface area contributed by atoms with Gasteiger partial charge in [-0.15, -0.1) is 16.4 Å². The van der Waals surface area contributed by atoms with Gasteiger partial charge in [-0.1, -0.05) is 102 Å². The maximum absolute atomic E-state index is 6.60. The maximum atomic E-state index is 6.60. The molecule has 0 saturated heterocycles. The minimum Gasteiger partial charge on any atom is -0.456 e. The molecule has 3 heterocycles. The number of furan rings is 1. The topological polar surface area (TPSA) is 56.7 Å². The van der Waals surface area contributed by atoms with Gasteiger partial charge >= 0.3 is 0 Å². The fourth-order valence-electron chi connectivity index (χ4n) is 7.60. The van der Waals surface area contributed by atoms with Crippen LogP contribution in [-0.2, 0) is 0 Å². The minimum absolute atomic E-state index is 0.572. The number of rotatable bonds is 4. The number of hydrogen-bond donors (Lipinski definition) is 0. The van der Waals surface area contributed by atoms with Crippen molar-refractivity contribution in [1.29, 1.82) is 0 Å². The summed E-state index contributed by atoms with van der Waals surface area (Å²) in [6, 6.07) is 39.6. The molecule has 0 spiro atoms. The molecule has 0 bridgehead atoms. The average Bonchev–Trinajstić information content (AvgIpc) is 3.70. The van der Waals surface area contributed by atoms with Crippen LogP contribution in [0.3, 0.4) is 0 Å². The van der Waals surface area contributed by atoms with Gasteiger partial charge in [0.15, 0.2) is 11.6 Å². The van der Waals surface area contributed by atoms with Crippen molar-refractivity contribution in [3.05, 3.63) is 115 Å². The summed E-state index contributed by atoms with van der Waals surface area (Å²) in [7, 11) is 11.2. The molecule has 0 N–H and O–H groups in total. The molecule has 6 aromatic carbocycles. The van der Waals surface area contributed by atoms with Gasteiger partial charge in [0, 0.05) is 32.7 Å². The van der Waals surface area contributed by atoms with E-state index in [-0.39, 0.29) is 0 Å². The third-order valence-corrected chi connectivity index (χ3v) is 10.5. The Balaban J connectivity index is 1.38. The lowest BCUT2D eigenvalue weighted by molar-refractivity contribution is 0.669. The summed E-state index contributed by atoms with van der Waals surface area (Å²) >= 11 is 0. The van der Waals surface area contributed by atoms with Crippen LogP contribution in [0.4, 0.5) is 0 Å². The molecule has 9 rings (SSSR count). The molecule has 0 fully saturated rings. The van der Waals surface area contributed by atoms with Crippen molar-refractivity contribution in [3.8, 4) is 39.9 Å². The van der Waals surface area contributed by atoms with Crippen molar-refractivity contribution < 1.29 is 4.42 Å². The van der Waals surface area contributed by atoms with Crippen LogP contribution in [-0.4, -0.2) is 58.8 Å². The Kier molecular flexibility index (Phi) is 6.70. The molecule has 0 aliphatic rings. The summed E-state index contributed by atoms with van der Waals surface area (Å²) in [5.41, 5.74) is 14.6. The molecule has 0 aliphatic heterocycles. The predicted molar refractivity (Wildman–Crippen MR) is 219 cm³/mol. The first-order valence-corrected chi connectivity index (χ1v) is 16.7. The zero-order chi connectivity index (χ0) is 33.4. The van der Waals surface area contributed by atoms with E-state index >= 15 is 0 Å². The van der Waals surface area contributed by atoms with Crippen molar-refractivity contribution in [2.24, 2.45) is 0 Å². The highest BCUT2D eigenvalue weighted by molar-refractivity contribution is 6.69. The molecule has 9 aromatic rings. The van der Waals surface area contributed by atoms with Gasteiger partial charge in [0.25, 0.3) is 0 Å². The van der Waals surface area contributed by atoms with Crippen molar-refractivity contribution >= 4 is 110 Å². The van der Waals surface area contributed by atoms with Gasteiger partial charge in [0.1, 0.15) is 50.4 Å². The summed E-state index contributed by atoms with van der Waals surface area (Å²) in [5.74, 6) is 1.78. The number of nitrogens with zero attached hydrogens (tertiary/aromatic N) is 4. The van der Waals surface area contributed by atoms with Crippen molar-refractivity contribution in [2.75, 3.05) is 0 Å². The monoisotopic (exact) mass is 624 g/mol. The van der Waals surface area contributed by atoms with Gasteiger partial charge in [-0.3, -0.25) is 4.57 Å². The first-order valence-electron chi connectivity index (χ1n) is 16.7. The third-order valence-electron chi connectivity index (χ3n) is 10.5. The molecule has 49 heavy (non-hydrogen) atoms. The summed E-state index contributed by atoms with van der Waals surface area (Å²) < 4.78 is 8.76. The lowest BCUT2D eigenvalue weighted by Crippen LogP contribution is -2.55. The highest BCUT2D eigenvalue weighted by Gasteiger charge is 2.23. The van der Waals surface area contributed by atoms with Gasteiger partial charge in [0.2, 0.25) is 5.95 Å². The fraction of sp³-hybridized carbons (Fsp3) is 0. The van der Waals surface area contributed by atoms with E-state index < -0.39 is 0 Å². The molecular formula is C39H29B5N4O. The third kappa shape index (κ3) is 4.43. The molecule has 0 atom stereocenters. The van der Waals surface area contributed by atoms with E-state index in [1.165, 1.54) is 32.9 Å². The highest BCUT2D eigenvalue weighted by atomic mass is 16.3. The Morgan fingerprint density at radius 1 is 0.449 bits per heavy atom. The Morgan fingerprint density at radius 3 is 1.59 bits per heavy atom. The maximum Gasteiger partial charge on any atom is 0.238 e. The van der Waals surface area contributed by atoms with Crippen LogP contribution in [0.15, 0.2) is 120 Å². The highest BCUT2D eigenvalue weighted by Crippen LogP contribution is 2.40. The summed E-state index contributed by atoms with van der Waals surface area (Å²) in [6.07, 6.45) is 0. The normalized spacial score (nSPS) is 11.7. The van der Waals surface area contributed by atoms with Crippen LogP contribution >= 0.6 is 0 Å². The minimum atomic E-state index is 0.572. The lowest BCUT2D eigenvalue weighted by atomic mass is 9.59. The van der Waals surface area contributed by atoms with E-state index in [0.29, 0.717) is 17.6 Å². The van der Waals surface area contributed by atoms with Crippen LogP contribution in [0.25, 0.3) is 83.6 Å². The smallest absolute Gasteiger partial charge is 0.238 e. The van der Waals surface area contributed by atoms with Crippen LogP contribution in [0, 0.1) is 0 Å². The number of hydrogen-bond acceptors (Lipinski definition) is 4. The largest absolute Gasteiger partial charge is 0.456 e. The number of fused-ring (bicyclic) bond motifs is 6. The van der Waals surface area contributed by atoms with E-state index in [1.54, 1.807) is 0 Å². The molecule has 3 aromatic heterocycles. The van der Waals surface area contributed by atoms with Crippen LogP contribution < -0.4 is 27.3 Å². The van der Waals surface area contributed by atoms with Crippen LogP contribution in [0.2, 0.25) is 0 Å². The predicted octanol–water partition coefficient (Wildman–Crippen LogP) is 1.16. The van der Waals surface area contributed by atoms with Crippen molar-refractivity contribution in [2.45, 2.75) is 0 Å². The Morgan fingerprint density at radius 2 is 0.959 bits per heavy atom. The van der Waals surface area contributed by atoms with Crippen molar-refractivity contribution in [1.82, 2.24) is 19.5 Å². The molecule has 226 valence electrons. The molecule has 0 aliphatic carbocycles. The second-order valence-electron chi connectivity index (χ2n) is 13.0. The SMILES string of the molecule is Bc1c(B)c(B)c(-c2cccc3oc4cccc(-c5nc(-c6ccccc6)nc(-n6c7ccccc7c7ccccc76)n5)c4c23)c(B)c1B. The zero-order valence-corrected chi connectivity index (χ0v) is 28.2. The molecule has 0 saturated carbocycles. The second kappa shape index (κ2) is 11.2. The summed E-state index contributed by atoms with van der Waals surface area (Å²) in [4.78, 5) is 15.6. The van der Waals surface area contributed by atoms with Gasteiger partial charge < -0.3 is 4.42 Å². The molecule has 0 radical (unpaired) electrons. The van der Waals surface area contributed by atoms with Gasteiger partial charge in [-0.05, 0) is 35.4 Å². The van der Waals surface area contributed by atoms with Crippen molar-refractivity contribution in [3.63, 3.8) is 0 Å². The van der Waals surface area contributed by atoms with E-state index in [1.807, 2.05) is 42.5 Å². The quantitative estimate of drug-likeness (QED) is 0.277. The van der Waals surface area contributed by atoms with Crippen LogP contribution in [0.5, 0.6) is 0 Å². The molecule has 0 unspecified atom stereocenters. The van der Waals surface area contributed by atoms with E-state index in [2.05, 4.69) is 117 Å². The Labute approximate surface area is 288 Å². The first kappa shape index (κ1) is 29.4. The van der Waals surface area contributed by atoms with E-state index in [4.69, 9.17) is 19.4 Å². The first-order chi connectivity index (χ1) is 23.9. The second-order valence-corrected chi connectivity index (χ2v) is 13.0. The van der Waals surface area contributed by atoms with Gasteiger partial charge in [0.05, 0.1) is 11.0 Å². The van der Waals surface area contributed by atoms with Gasteiger partial charge in [-0.2, -0.15) is 9.97 Å². The number of benzene rings is 6. The van der Waals surface area contributed by atoms with Gasteiger partial charge in [-0.25, -0.2) is 4.98 Å². The van der Waals surface area contributed by atoms with Crippen LogP contribution in [0.1, 0.15) is 0 Å². The zero-order valence-electron chi connectivity index (χ0n) is 28.2. The standard InChI is InChI=1S/C39H29B5N4O/c40-32-31(33(41)35(43)36(44)34(32)42)23-14-8-18-27-29(23)30-24(15-9-19-28(30)49-27)38-45-37(20-10-2-1-3-11-20)46-39(47-38)48-25-16-6-4-12-21(25)22-13-5-7-17-26(22)48/h1-19H,40-44H2. The van der Waals surface area contributed by atoms with E-state index in [9.17, 15) is 0 Å². The summed E-state index contributed by atoms with van der Waals surface area (Å²) in [5, 5.41) is 4.38.